The van der Waals surface area contributed by atoms with Crippen LogP contribution >= 0.6 is 0 Å². The van der Waals surface area contributed by atoms with Crippen molar-refractivity contribution in [3.8, 4) is 0 Å². The molecule has 0 saturated heterocycles. The van der Waals surface area contributed by atoms with Crippen LogP contribution in [0.4, 0.5) is 0 Å². The van der Waals surface area contributed by atoms with Crippen LogP contribution in [0.1, 0.15) is 26.1 Å². The summed E-state index contributed by atoms with van der Waals surface area (Å²) in [6.07, 6.45) is 4.11. The summed E-state index contributed by atoms with van der Waals surface area (Å²) in [5.74, 6) is 0.686. The van der Waals surface area contributed by atoms with E-state index in [1.165, 1.54) is 0 Å². The SMILES string of the molecule is CCC(C)(C(=O)N1CCn2ccnc2C1)/C(N)=N/O. The van der Waals surface area contributed by atoms with E-state index < -0.39 is 5.41 Å². The summed E-state index contributed by atoms with van der Waals surface area (Å²) in [4.78, 5) is 18.5. The number of fused-ring (bicyclic) bond motifs is 1. The van der Waals surface area contributed by atoms with E-state index >= 15 is 0 Å². The molecular formula is C12H19N5O2. The summed E-state index contributed by atoms with van der Waals surface area (Å²) >= 11 is 0. The second-order valence-corrected chi connectivity index (χ2v) is 4.93. The molecule has 1 atom stereocenters. The van der Waals surface area contributed by atoms with Gasteiger partial charge >= 0.3 is 0 Å². The van der Waals surface area contributed by atoms with Crippen LogP contribution in [0.5, 0.6) is 0 Å². The molecule has 0 fully saturated rings. The van der Waals surface area contributed by atoms with Crippen molar-refractivity contribution in [1.82, 2.24) is 14.5 Å². The Kier molecular flexibility index (Phi) is 3.46. The van der Waals surface area contributed by atoms with Crippen molar-refractivity contribution in [3.05, 3.63) is 18.2 Å². The zero-order valence-electron chi connectivity index (χ0n) is 11.2. The highest BCUT2D eigenvalue weighted by Crippen LogP contribution is 2.26. The topological polar surface area (TPSA) is 96.7 Å². The summed E-state index contributed by atoms with van der Waals surface area (Å²) in [5, 5.41) is 11.9. The van der Waals surface area contributed by atoms with Gasteiger partial charge in [0.2, 0.25) is 5.91 Å². The quantitative estimate of drug-likeness (QED) is 0.357. The lowest BCUT2D eigenvalue weighted by Crippen LogP contribution is -2.51. The van der Waals surface area contributed by atoms with Crippen molar-refractivity contribution in [2.45, 2.75) is 33.4 Å². The molecule has 2 heterocycles. The zero-order valence-corrected chi connectivity index (χ0v) is 11.2. The number of aromatic nitrogens is 2. The molecule has 19 heavy (non-hydrogen) atoms. The molecule has 1 amide bonds. The van der Waals surface area contributed by atoms with Crippen LogP contribution in [0.15, 0.2) is 17.5 Å². The number of oxime groups is 1. The van der Waals surface area contributed by atoms with Gasteiger partial charge in [0.1, 0.15) is 11.2 Å². The minimum absolute atomic E-state index is 0.0473. The Morgan fingerprint density at radius 3 is 3.00 bits per heavy atom. The Labute approximate surface area is 111 Å². The summed E-state index contributed by atoms with van der Waals surface area (Å²) in [6.45, 7) is 5.33. The first-order valence-corrected chi connectivity index (χ1v) is 6.30. The molecule has 0 saturated carbocycles. The summed E-state index contributed by atoms with van der Waals surface area (Å²) < 4.78 is 2.02. The molecule has 1 aromatic heterocycles. The monoisotopic (exact) mass is 265 g/mol. The van der Waals surface area contributed by atoms with Gasteiger partial charge in [-0.2, -0.15) is 0 Å². The number of rotatable bonds is 3. The Morgan fingerprint density at radius 2 is 2.37 bits per heavy atom. The van der Waals surface area contributed by atoms with E-state index in [2.05, 4.69) is 10.1 Å². The molecule has 0 bridgehead atoms. The van der Waals surface area contributed by atoms with Crippen molar-refractivity contribution >= 4 is 11.7 Å². The highest BCUT2D eigenvalue weighted by Gasteiger charge is 2.40. The van der Waals surface area contributed by atoms with Crippen molar-refractivity contribution in [3.63, 3.8) is 0 Å². The number of nitrogens with zero attached hydrogens (tertiary/aromatic N) is 4. The smallest absolute Gasteiger partial charge is 0.236 e. The van der Waals surface area contributed by atoms with Gasteiger partial charge in [0.15, 0.2) is 5.84 Å². The Balaban J connectivity index is 2.21. The lowest BCUT2D eigenvalue weighted by atomic mass is 9.84. The van der Waals surface area contributed by atoms with Crippen LogP contribution < -0.4 is 5.73 Å². The lowest BCUT2D eigenvalue weighted by Gasteiger charge is -2.35. The predicted molar refractivity (Wildman–Crippen MR) is 69.5 cm³/mol. The van der Waals surface area contributed by atoms with Gasteiger partial charge in [0.05, 0.1) is 6.54 Å². The third kappa shape index (κ3) is 2.16. The summed E-state index contributed by atoms with van der Waals surface area (Å²) in [5.41, 5.74) is 4.71. The van der Waals surface area contributed by atoms with E-state index in [0.717, 1.165) is 12.4 Å². The van der Waals surface area contributed by atoms with Crippen molar-refractivity contribution in [1.29, 1.82) is 0 Å². The molecule has 7 nitrogen and oxygen atoms in total. The van der Waals surface area contributed by atoms with E-state index in [-0.39, 0.29) is 11.7 Å². The van der Waals surface area contributed by atoms with Crippen LogP contribution in [0, 0.1) is 5.41 Å². The first kappa shape index (κ1) is 13.4. The maximum Gasteiger partial charge on any atom is 0.236 e. The average Bonchev–Trinajstić information content (AvgIpc) is 2.91. The largest absolute Gasteiger partial charge is 0.409 e. The van der Waals surface area contributed by atoms with E-state index in [0.29, 0.717) is 19.5 Å². The molecule has 104 valence electrons. The predicted octanol–water partition coefficient (Wildman–Crippen LogP) is 0.388. The van der Waals surface area contributed by atoms with Gasteiger partial charge in [0.25, 0.3) is 0 Å². The molecule has 7 heteroatoms. The van der Waals surface area contributed by atoms with E-state index in [4.69, 9.17) is 10.9 Å². The number of carbonyl (C=O) groups excluding carboxylic acids is 1. The second-order valence-electron chi connectivity index (χ2n) is 4.93. The third-order valence-corrected chi connectivity index (χ3v) is 3.88. The number of hydrogen-bond donors (Lipinski definition) is 2. The van der Waals surface area contributed by atoms with E-state index in [9.17, 15) is 4.79 Å². The lowest BCUT2D eigenvalue weighted by molar-refractivity contribution is -0.139. The Bertz CT molecular complexity index is 510. The summed E-state index contributed by atoms with van der Waals surface area (Å²) in [6, 6.07) is 0. The Hall–Kier alpha value is -2.05. The normalized spacial score (nSPS) is 18.8. The van der Waals surface area contributed by atoms with Gasteiger partial charge in [-0.05, 0) is 13.3 Å². The molecular weight excluding hydrogens is 246 g/mol. The number of hydrogen-bond acceptors (Lipinski definition) is 4. The van der Waals surface area contributed by atoms with Crippen LogP contribution in [0.25, 0.3) is 0 Å². The van der Waals surface area contributed by atoms with Crippen LogP contribution in [0.2, 0.25) is 0 Å². The van der Waals surface area contributed by atoms with Crippen molar-refractivity contribution < 1.29 is 10.0 Å². The molecule has 3 N–H and O–H groups in total. The van der Waals surface area contributed by atoms with E-state index in [1.54, 1.807) is 18.0 Å². The first-order chi connectivity index (χ1) is 9.02. The van der Waals surface area contributed by atoms with E-state index in [1.807, 2.05) is 17.7 Å². The van der Waals surface area contributed by atoms with Gasteiger partial charge in [-0.3, -0.25) is 4.79 Å². The van der Waals surface area contributed by atoms with Crippen LogP contribution in [0.3, 0.4) is 0 Å². The molecule has 1 aromatic rings. The minimum Gasteiger partial charge on any atom is -0.409 e. The van der Waals surface area contributed by atoms with Crippen LogP contribution in [-0.4, -0.2) is 37.9 Å². The van der Waals surface area contributed by atoms with Gasteiger partial charge in [0, 0.05) is 25.5 Å². The number of amidine groups is 1. The fourth-order valence-corrected chi connectivity index (χ4v) is 2.25. The molecule has 0 aromatic carbocycles. The zero-order chi connectivity index (χ0) is 14.0. The Morgan fingerprint density at radius 1 is 1.63 bits per heavy atom. The molecule has 1 aliphatic heterocycles. The van der Waals surface area contributed by atoms with Gasteiger partial charge in [-0.15, -0.1) is 0 Å². The standard InChI is InChI=1S/C12H19N5O2/c1-3-12(2,10(13)15-19)11(18)17-7-6-16-5-4-14-9(16)8-17/h4-5,19H,3,6-8H2,1-2H3,(H2,13,15). The maximum absolute atomic E-state index is 12.6. The molecule has 0 spiro atoms. The van der Waals surface area contributed by atoms with Crippen molar-refractivity contribution in [2.75, 3.05) is 6.54 Å². The van der Waals surface area contributed by atoms with Crippen LogP contribution in [-0.2, 0) is 17.9 Å². The molecule has 1 aliphatic rings. The maximum atomic E-state index is 12.6. The number of carbonyl (C=O) groups is 1. The number of imidazole rings is 1. The van der Waals surface area contributed by atoms with Gasteiger partial charge in [-0.25, -0.2) is 4.98 Å². The summed E-state index contributed by atoms with van der Waals surface area (Å²) in [7, 11) is 0. The fraction of sp³-hybridized carbons (Fsp3) is 0.583. The minimum atomic E-state index is -0.969. The molecule has 1 unspecified atom stereocenters. The second kappa shape index (κ2) is 4.91. The van der Waals surface area contributed by atoms with Gasteiger partial charge in [-0.1, -0.05) is 12.1 Å². The number of nitrogens with two attached hydrogens (primary N) is 1. The highest BCUT2D eigenvalue weighted by molar-refractivity contribution is 6.06. The van der Waals surface area contributed by atoms with Gasteiger partial charge < -0.3 is 20.4 Å². The first-order valence-electron chi connectivity index (χ1n) is 6.30. The molecule has 0 aliphatic carbocycles. The number of amides is 1. The van der Waals surface area contributed by atoms with Crippen molar-refractivity contribution in [2.24, 2.45) is 16.3 Å². The highest BCUT2D eigenvalue weighted by atomic mass is 16.4. The average molecular weight is 265 g/mol. The molecule has 0 radical (unpaired) electrons. The molecule has 2 rings (SSSR count). The third-order valence-electron chi connectivity index (χ3n) is 3.88. The fourth-order valence-electron chi connectivity index (χ4n) is 2.25.